The standard InChI is InChI=1S/C16H23N3O3/c1-11-4-3-5-12(2)19(11)13-6-7-14(17-10-13)18-15(20)8-9-16(21)22/h6-7,10-12H,3-5,8-9H2,1-2H3,(H,21,22)(H,17,18,20). The largest absolute Gasteiger partial charge is 0.481 e. The highest BCUT2D eigenvalue weighted by Crippen LogP contribution is 2.28. The van der Waals surface area contributed by atoms with E-state index in [1.807, 2.05) is 6.07 Å². The molecule has 1 amide bonds. The number of carbonyl (C=O) groups is 2. The number of piperidine rings is 1. The van der Waals surface area contributed by atoms with Gasteiger partial charge in [0, 0.05) is 18.5 Å². The van der Waals surface area contributed by atoms with Crippen LogP contribution in [0.1, 0.15) is 46.0 Å². The monoisotopic (exact) mass is 305 g/mol. The number of hydrogen-bond donors (Lipinski definition) is 2. The lowest BCUT2D eigenvalue weighted by Gasteiger charge is -2.40. The molecule has 22 heavy (non-hydrogen) atoms. The molecule has 0 aliphatic carbocycles. The van der Waals surface area contributed by atoms with Gasteiger partial charge in [-0.15, -0.1) is 0 Å². The zero-order chi connectivity index (χ0) is 16.1. The minimum Gasteiger partial charge on any atom is -0.481 e. The maximum Gasteiger partial charge on any atom is 0.303 e. The Morgan fingerprint density at radius 1 is 1.27 bits per heavy atom. The van der Waals surface area contributed by atoms with E-state index in [0.717, 1.165) is 5.69 Å². The minimum atomic E-state index is -0.980. The third kappa shape index (κ3) is 4.19. The summed E-state index contributed by atoms with van der Waals surface area (Å²) in [5.74, 6) is -0.856. The fraction of sp³-hybridized carbons (Fsp3) is 0.562. The van der Waals surface area contributed by atoms with Crippen LogP contribution in [0.4, 0.5) is 11.5 Å². The molecule has 2 unspecified atom stereocenters. The molecule has 0 saturated carbocycles. The van der Waals surface area contributed by atoms with Gasteiger partial charge in [-0.1, -0.05) is 0 Å². The van der Waals surface area contributed by atoms with Crippen molar-refractivity contribution in [2.45, 2.75) is 58.0 Å². The molecule has 0 spiro atoms. The van der Waals surface area contributed by atoms with Gasteiger partial charge in [-0.05, 0) is 45.2 Å². The number of aliphatic carboxylic acids is 1. The van der Waals surface area contributed by atoms with Crippen molar-refractivity contribution < 1.29 is 14.7 Å². The van der Waals surface area contributed by atoms with Crippen LogP contribution in [0.15, 0.2) is 18.3 Å². The maximum atomic E-state index is 11.6. The molecule has 1 saturated heterocycles. The Hall–Kier alpha value is -2.11. The third-order valence-corrected chi connectivity index (χ3v) is 4.07. The van der Waals surface area contributed by atoms with Crippen molar-refractivity contribution in [2.75, 3.05) is 10.2 Å². The Labute approximate surface area is 130 Å². The van der Waals surface area contributed by atoms with E-state index in [2.05, 4.69) is 29.0 Å². The van der Waals surface area contributed by atoms with E-state index in [9.17, 15) is 9.59 Å². The van der Waals surface area contributed by atoms with Crippen molar-refractivity contribution in [3.63, 3.8) is 0 Å². The van der Waals surface area contributed by atoms with Crippen LogP contribution in [-0.4, -0.2) is 34.1 Å². The molecule has 6 heteroatoms. The van der Waals surface area contributed by atoms with Gasteiger partial charge in [0.15, 0.2) is 0 Å². The SMILES string of the molecule is CC1CCCC(C)N1c1ccc(NC(=O)CCC(=O)O)nc1. The first-order chi connectivity index (χ1) is 10.5. The summed E-state index contributed by atoms with van der Waals surface area (Å²) in [5.41, 5.74) is 1.06. The van der Waals surface area contributed by atoms with Crippen molar-refractivity contribution in [2.24, 2.45) is 0 Å². The lowest BCUT2D eigenvalue weighted by Crippen LogP contribution is -2.43. The maximum absolute atomic E-state index is 11.6. The highest BCUT2D eigenvalue weighted by Gasteiger charge is 2.24. The lowest BCUT2D eigenvalue weighted by molar-refractivity contribution is -0.138. The van der Waals surface area contributed by atoms with Gasteiger partial charge >= 0.3 is 5.97 Å². The molecule has 1 aromatic heterocycles. The molecular formula is C16H23N3O3. The first kappa shape index (κ1) is 16.3. The van der Waals surface area contributed by atoms with Gasteiger partial charge in [0.05, 0.1) is 18.3 Å². The Morgan fingerprint density at radius 3 is 2.50 bits per heavy atom. The molecule has 0 aromatic carbocycles. The predicted molar refractivity (Wildman–Crippen MR) is 85.0 cm³/mol. The number of carbonyl (C=O) groups excluding carboxylic acids is 1. The van der Waals surface area contributed by atoms with Crippen LogP contribution in [0.2, 0.25) is 0 Å². The van der Waals surface area contributed by atoms with Gasteiger partial charge in [0.2, 0.25) is 5.91 Å². The zero-order valence-electron chi connectivity index (χ0n) is 13.1. The molecule has 2 heterocycles. The number of aromatic nitrogens is 1. The fourth-order valence-electron chi connectivity index (χ4n) is 2.97. The summed E-state index contributed by atoms with van der Waals surface area (Å²) in [4.78, 5) is 28.7. The molecule has 6 nitrogen and oxygen atoms in total. The van der Waals surface area contributed by atoms with Crippen LogP contribution < -0.4 is 10.2 Å². The van der Waals surface area contributed by atoms with E-state index in [0.29, 0.717) is 17.9 Å². The van der Waals surface area contributed by atoms with Crippen molar-refractivity contribution >= 4 is 23.4 Å². The van der Waals surface area contributed by atoms with E-state index in [1.165, 1.54) is 19.3 Å². The van der Waals surface area contributed by atoms with E-state index >= 15 is 0 Å². The molecule has 2 N–H and O–H groups in total. The number of nitrogens with one attached hydrogen (secondary N) is 1. The van der Waals surface area contributed by atoms with Gasteiger partial charge in [-0.2, -0.15) is 0 Å². The normalized spacial score (nSPS) is 21.5. The predicted octanol–water partition coefficient (Wildman–Crippen LogP) is 2.65. The van der Waals surface area contributed by atoms with Crippen LogP contribution in [0.25, 0.3) is 0 Å². The van der Waals surface area contributed by atoms with E-state index in [-0.39, 0.29) is 18.7 Å². The number of carboxylic acid groups (broad SMARTS) is 1. The Bertz CT molecular complexity index is 520. The van der Waals surface area contributed by atoms with Crippen LogP contribution in [0, 0.1) is 0 Å². The molecule has 120 valence electrons. The van der Waals surface area contributed by atoms with Crippen LogP contribution in [0.3, 0.4) is 0 Å². The van der Waals surface area contributed by atoms with Crippen molar-refractivity contribution in [3.8, 4) is 0 Å². The average molecular weight is 305 g/mol. The number of nitrogens with zero attached hydrogens (tertiary/aromatic N) is 2. The molecular weight excluding hydrogens is 282 g/mol. The first-order valence-electron chi connectivity index (χ1n) is 7.73. The molecule has 1 aromatic rings. The number of anilines is 2. The second-order valence-electron chi connectivity index (χ2n) is 5.88. The molecule has 0 bridgehead atoms. The second-order valence-corrected chi connectivity index (χ2v) is 5.88. The van der Waals surface area contributed by atoms with Gasteiger partial charge < -0.3 is 15.3 Å². The second kappa shape index (κ2) is 7.24. The summed E-state index contributed by atoms with van der Waals surface area (Å²) < 4.78 is 0. The zero-order valence-corrected chi connectivity index (χ0v) is 13.1. The van der Waals surface area contributed by atoms with Gasteiger partial charge in [-0.25, -0.2) is 4.98 Å². The summed E-state index contributed by atoms with van der Waals surface area (Å²) in [7, 11) is 0. The van der Waals surface area contributed by atoms with E-state index in [4.69, 9.17) is 5.11 Å². The quantitative estimate of drug-likeness (QED) is 0.874. The number of hydrogen-bond acceptors (Lipinski definition) is 4. The van der Waals surface area contributed by atoms with Gasteiger partial charge in [0.25, 0.3) is 0 Å². The third-order valence-electron chi connectivity index (χ3n) is 4.07. The van der Waals surface area contributed by atoms with Crippen LogP contribution in [-0.2, 0) is 9.59 Å². The Morgan fingerprint density at radius 2 is 1.95 bits per heavy atom. The molecule has 1 fully saturated rings. The summed E-state index contributed by atoms with van der Waals surface area (Å²) in [6.45, 7) is 4.44. The molecule has 2 atom stereocenters. The molecule has 0 radical (unpaired) electrons. The summed E-state index contributed by atoms with van der Waals surface area (Å²) in [5, 5.41) is 11.2. The molecule has 1 aliphatic rings. The van der Waals surface area contributed by atoms with Gasteiger partial charge in [-0.3, -0.25) is 9.59 Å². The van der Waals surface area contributed by atoms with Crippen molar-refractivity contribution in [1.29, 1.82) is 0 Å². The average Bonchev–Trinajstić information content (AvgIpc) is 2.47. The molecule has 1 aliphatic heterocycles. The van der Waals surface area contributed by atoms with E-state index in [1.54, 1.807) is 12.3 Å². The van der Waals surface area contributed by atoms with Crippen LogP contribution in [0.5, 0.6) is 0 Å². The Kier molecular flexibility index (Phi) is 5.35. The summed E-state index contributed by atoms with van der Waals surface area (Å²) >= 11 is 0. The highest BCUT2D eigenvalue weighted by atomic mass is 16.4. The number of pyridine rings is 1. The van der Waals surface area contributed by atoms with Crippen LogP contribution >= 0.6 is 0 Å². The number of rotatable bonds is 5. The van der Waals surface area contributed by atoms with Crippen molar-refractivity contribution in [1.82, 2.24) is 4.98 Å². The summed E-state index contributed by atoms with van der Waals surface area (Å²) in [6.07, 6.45) is 5.16. The van der Waals surface area contributed by atoms with E-state index < -0.39 is 5.97 Å². The lowest BCUT2D eigenvalue weighted by atomic mass is 9.97. The number of amides is 1. The fourth-order valence-corrected chi connectivity index (χ4v) is 2.97. The van der Waals surface area contributed by atoms with Crippen molar-refractivity contribution in [3.05, 3.63) is 18.3 Å². The minimum absolute atomic E-state index is 0.0427. The highest BCUT2D eigenvalue weighted by molar-refractivity contribution is 5.91. The molecule has 2 rings (SSSR count). The Balaban J connectivity index is 1.98. The summed E-state index contributed by atoms with van der Waals surface area (Å²) in [6, 6.07) is 4.70. The smallest absolute Gasteiger partial charge is 0.303 e. The first-order valence-corrected chi connectivity index (χ1v) is 7.73. The number of carboxylic acids is 1. The van der Waals surface area contributed by atoms with Gasteiger partial charge in [0.1, 0.15) is 5.82 Å². The topological polar surface area (TPSA) is 82.5 Å².